The highest BCUT2D eigenvalue weighted by atomic mass is 19.4. The van der Waals surface area contributed by atoms with Gasteiger partial charge in [-0.2, -0.15) is 13.2 Å². The number of alkyl halides is 3. The molecule has 1 atom stereocenters. The normalized spacial score (nSPS) is 21.0. The second kappa shape index (κ2) is 6.82. The van der Waals surface area contributed by atoms with Crippen molar-refractivity contribution in [3.63, 3.8) is 0 Å². The molecule has 0 radical (unpaired) electrons. The number of fused-ring (bicyclic) bond motifs is 1. The molecular formula is C22H21F3N4O. The van der Waals surface area contributed by atoms with Gasteiger partial charge >= 0.3 is 6.18 Å². The topological polar surface area (TPSA) is 50.5 Å². The summed E-state index contributed by atoms with van der Waals surface area (Å²) in [4.78, 5) is 15.2. The molecule has 2 fully saturated rings. The third kappa shape index (κ3) is 3.14. The van der Waals surface area contributed by atoms with E-state index in [-0.39, 0.29) is 11.8 Å². The molecule has 0 N–H and O–H groups in total. The van der Waals surface area contributed by atoms with E-state index in [0.29, 0.717) is 24.6 Å². The number of aromatic nitrogens is 3. The van der Waals surface area contributed by atoms with Crippen molar-refractivity contribution in [3.05, 3.63) is 65.6 Å². The first kappa shape index (κ1) is 19.1. The lowest BCUT2D eigenvalue weighted by Gasteiger charge is -2.34. The maximum Gasteiger partial charge on any atom is 0.417 e. The van der Waals surface area contributed by atoms with Crippen LogP contribution in [-0.2, 0) is 16.4 Å². The number of amides is 1. The third-order valence-electron chi connectivity index (χ3n) is 6.32. The van der Waals surface area contributed by atoms with Crippen LogP contribution in [0.1, 0.15) is 48.6 Å². The fourth-order valence-electron chi connectivity index (χ4n) is 4.54. The molecule has 8 heteroatoms. The maximum atomic E-state index is 13.4. The van der Waals surface area contributed by atoms with Crippen LogP contribution in [0, 0.1) is 0 Å². The monoisotopic (exact) mass is 414 g/mol. The van der Waals surface area contributed by atoms with Crippen LogP contribution in [0.2, 0.25) is 0 Å². The minimum Gasteiger partial charge on any atom is -0.341 e. The lowest BCUT2D eigenvalue weighted by molar-refractivity contribution is -0.138. The van der Waals surface area contributed by atoms with Crippen molar-refractivity contribution in [1.29, 1.82) is 0 Å². The van der Waals surface area contributed by atoms with Gasteiger partial charge in [-0.1, -0.05) is 30.3 Å². The molecule has 5 nitrogen and oxygen atoms in total. The number of hydrogen-bond acceptors (Lipinski definition) is 3. The summed E-state index contributed by atoms with van der Waals surface area (Å²) < 4.78 is 40.9. The third-order valence-corrected chi connectivity index (χ3v) is 6.32. The number of carbonyl (C=O) groups excluding carboxylic acids is 1. The van der Waals surface area contributed by atoms with Crippen molar-refractivity contribution in [3.8, 4) is 0 Å². The van der Waals surface area contributed by atoms with Crippen LogP contribution in [-0.4, -0.2) is 38.5 Å². The van der Waals surface area contributed by atoms with Crippen molar-refractivity contribution in [2.24, 2.45) is 0 Å². The highest BCUT2D eigenvalue weighted by molar-refractivity contribution is 5.91. The smallest absolute Gasteiger partial charge is 0.341 e. The van der Waals surface area contributed by atoms with Crippen molar-refractivity contribution in [1.82, 2.24) is 19.5 Å². The van der Waals surface area contributed by atoms with Crippen LogP contribution in [0.4, 0.5) is 13.2 Å². The van der Waals surface area contributed by atoms with Crippen molar-refractivity contribution in [2.45, 2.75) is 43.2 Å². The van der Waals surface area contributed by atoms with Gasteiger partial charge in [-0.05, 0) is 43.4 Å². The molecule has 2 aromatic heterocycles. The van der Waals surface area contributed by atoms with Crippen LogP contribution in [0.5, 0.6) is 0 Å². The van der Waals surface area contributed by atoms with Crippen molar-refractivity contribution in [2.75, 3.05) is 13.1 Å². The van der Waals surface area contributed by atoms with Crippen LogP contribution in [0.15, 0.2) is 48.7 Å². The molecule has 3 heterocycles. The average Bonchev–Trinajstić information content (AvgIpc) is 3.46. The summed E-state index contributed by atoms with van der Waals surface area (Å²) in [6.45, 7) is 1.11. The first-order valence-electron chi connectivity index (χ1n) is 10.2. The Morgan fingerprint density at radius 2 is 1.83 bits per heavy atom. The van der Waals surface area contributed by atoms with E-state index in [0.717, 1.165) is 43.5 Å². The van der Waals surface area contributed by atoms with Gasteiger partial charge < -0.3 is 4.90 Å². The minimum atomic E-state index is -4.43. The van der Waals surface area contributed by atoms with E-state index in [9.17, 15) is 18.0 Å². The van der Waals surface area contributed by atoms with Gasteiger partial charge in [0.05, 0.1) is 11.0 Å². The molecule has 30 heavy (non-hydrogen) atoms. The Labute approximate surface area is 171 Å². The second-order valence-electron chi connectivity index (χ2n) is 8.24. The van der Waals surface area contributed by atoms with Gasteiger partial charge in [0.25, 0.3) is 0 Å². The zero-order valence-corrected chi connectivity index (χ0v) is 16.3. The summed E-state index contributed by atoms with van der Waals surface area (Å²) in [7, 11) is 0. The summed E-state index contributed by atoms with van der Waals surface area (Å²) in [5.41, 5.74) is 0.240. The van der Waals surface area contributed by atoms with Gasteiger partial charge in [-0.25, -0.2) is 0 Å². The van der Waals surface area contributed by atoms with Crippen molar-refractivity contribution < 1.29 is 18.0 Å². The Bertz CT molecular complexity index is 1090. The number of rotatable bonds is 3. The van der Waals surface area contributed by atoms with Crippen molar-refractivity contribution >= 4 is 11.6 Å². The lowest BCUT2D eigenvalue weighted by Crippen LogP contribution is -2.44. The van der Waals surface area contributed by atoms with Crippen LogP contribution in [0.25, 0.3) is 5.65 Å². The number of likely N-dealkylation sites (tertiary alicyclic amines) is 1. The molecule has 3 aromatic rings. The summed E-state index contributed by atoms with van der Waals surface area (Å²) in [5, 5.41) is 8.22. The lowest BCUT2D eigenvalue weighted by atomic mass is 9.91. The molecule has 1 aromatic carbocycles. The molecule has 1 aliphatic heterocycles. The maximum absolute atomic E-state index is 13.4. The van der Waals surface area contributed by atoms with Crippen LogP contribution >= 0.6 is 0 Å². The first-order chi connectivity index (χ1) is 14.4. The number of piperidine rings is 1. The fourth-order valence-corrected chi connectivity index (χ4v) is 4.54. The predicted molar refractivity (Wildman–Crippen MR) is 104 cm³/mol. The molecule has 0 spiro atoms. The predicted octanol–water partition coefficient (Wildman–Crippen LogP) is 4.19. The number of benzene rings is 1. The quantitative estimate of drug-likeness (QED) is 0.646. The molecule has 1 aliphatic carbocycles. The zero-order valence-electron chi connectivity index (χ0n) is 16.3. The highest BCUT2D eigenvalue weighted by Crippen LogP contribution is 2.50. The van der Waals surface area contributed by atoms with Gasteiger partial charge in [0.1, 0.15) is 5.82 Å². The summed E-state index contributed by atoms with van der Waals surface area (Å²) in [5.74, 6) is 0.453. The van der Waals surface area contributed by atoms with Crippen LogP contribution < -0.4 is 0 Å². The molecular weight excluding hydrogens is 393 g/mol. The van der Waals surface area contributed by atoms with Gasteiger partial charge in [0.2, 0.25) is 5.91 Å². The van der Waals surface area contributed by atoms with Gasteiger partial charge in [-0.3, -0.25) is 9.20 Å². The number of nitrogens with zero attached hydrogens (tertiary/aromatic N) is 4. The number of halogens is 3. The first-order valence-corrected chi connectivity index (χ1v) is 10.2. The number of pyridine rings is 1. The largest absolute Gasteiger partial charge is 0.417 e. The summed E-state index contributed by atoms with van der Waals surface area (Å²) >= 11 is 0. The Hall–Kier alpha value is -2.90. The van der Waals surface area contributed by atoms with Gasteiger partial charge in [-0.15, -0.1) is 10.2 Å². The van der Waals surface area contributed by atoms with E-state index < -0.39 is 17.2 Å². The van der Waals surface area contributed by atoms with E-state index in [1.165, 1.54) is 10.5 Å². The Morgan fingerprint density at radius 1 is 1.07 bits per heavy atom. The van der Waals surface area contributed by atoms with Gasteiger partial charge in [0.15, 0.2) is 5.65 Å². The molecule has 1 saturated heterocycles. The van der Waals surface area contributed by atoms with Crippen LogP contribution in [0.3, 0.4) is 0 Å². The SMILES string of the molecule is O=C(N1CCCC(c2nnc3ccc(C(F)(F)F)cn23)C1)C1(c2ccccc2)CC1. The Kier molecular flexibility index (Phi) is 4.34. The molecule has 2 aliphatic rings. The van der Waals surface area contributed by atoms with E-state index in [1.807, 2.05) is 35.2 Å². The fraction of sp³-hybridized carbons (Fsp3) is 0.409. The second-order valence-corrected chi connectivity index (χ2v) is 8.24. The molecule has 1 amide bonds. The molecule has 5 rings (SSSR count). The van der Waals surface area contributed by atoms with Gasteiger partial charge in [0, 0.05) is 25.2 Å². The molecule has 0 bridgehead atoms. The molecule has 1 unspecified atom stereocenters. The summed E-state index contributed by atoms with van der Waals surface area (Å²) in [6, 6.07) is 12.2. The zero-order chi connectivity index (χ0) is 20.9. The summed E-state index contributed by atoms with van der Waals surface area (Å²) in [6.07, 6.45) is -0.163. The van der Waals surface area contributed by atoms with E-state index in [2.05, 4.69) is 10.2 Å². The average molecular weight is 414 g/mol. The van der Waals surface area contributed by atoms with E-state index in [1.54, 1.807) is 0 Å². The standard InChI is InChI=1S/C22H21F3N4O/c23-22(24,25)17-8-9-18-26-27-19(29(18)14-17)15-5-4-12-28(13-15)20(30)21(10-11-21)16-6-2-1-3-7-16/h1-3,6-9,14-15H,4-5,10-13H2. The Balaban J connectivity index is 1.42. The molecule has 156 valence electrons. The van der Waals surface area contributed by atoms with E-state index in [4.69, 9.17) is 0 Å². The highest BCUT2D eigenvalue weighted by Gasteiger charge is 2.53. The minimum absolute atomic E-state index is 0.114. The number of hydrogen-bond donors (Lipinski definition) is 0. The Morgan fingerprint density at radius 3 is 2.53 bits per heavy atom. The number of carbonyl (C=O) groups is 1. The van der Waals surface area contributed by atoms with E-state index >= 15 is 0 Å². The molecule has 1 saturated carbocycles.